The molecule has 0 radical (unpaired) electrons. The minimum Gasteiger partial charge on any atom is -0.462 e. The van der Waals surface area contributed by atoms with Crippen LogP contribution in [0.25, 0.3) is 0 Å². The fourth-order valence-corrected chi connectivity index (χ4v) is 5.34. The number of ether oxygens (including phenoxy) is 2. The number of carbonyl (C=O) groups is 2. The number of benzene rings is 1. The molecule has 0 unspecified atom stereocenters. The number of nitrogens with zero attached hydrogens (tertiary/aromatic N) is 3. The van der Waals surface area contributed by atoms with Gasteiger partial charge in [0.25, 0.3) is 0 Å². The van der Waals surface area contributed by atoms with E-state index in [9.17, 15) is 14.4 Å². The van der Waals surface area contributed by atoms with Crippen molar-refractivity contribution in [3.05, 3.63) is 51.6 Å². The molecule has 0 bridgehead atoms. The Morgan fingerprint density at radius 1 is 1.14 bits per heavy atom. The number of esters is 1. The van der Waals surface area contributed by atoms with Gasteiger partial charge in [0, 0.05) is 37.4 Å². The highest BCUT2D eigenvalue weighted by atomic mass is 32.2. The molecule has 1 aromatic heterocycles. The van der Waals surface area contributed by atoms with Crippen LogP contribution < -0.4 is 11.0 Å². The topological polar surface area (TPSA) is 103 Å². The van der Waals surface area contributed by atoms with Crippen LogP contribution in [-0.4, -0.2) is 71.5 Å². The van der Waals surface area contributed by atoms with Crippen LogP contribution in [0.2, 0.25) is 0 Å². The van der Waals surface area contributed by atoms with Gasteiger partial charge in [-0.3, -0.25) is 14.3 Å². The summed E-state index contributed by atoms with van der Waals surface area (Å²) in [5.74, 6) is -0.657. The highest BCUT2D eigenvalue weighted by Gasteiger charge is 2.22. The lowest BCUT2D eigenvalue weighted by atomic mass is 9.97. The lowest BCUT2D eigenvalue weighted by molar-refractivity contribution is -0.113. The summed E-state index contributed by atoms with van der Waals surface area (Å²) in [7, 11) is 0. The lowest BCUT2D eigenvalue weighted by Gasteiger charge is -2.28. The number of fused-ring (bicyclic) bond motifs is 1. The number of morpholine rings is 1. The van der Waals surface area contributed by atoms with Gasteiger partial charge in [-0.1, -0.05) is 23.9 Å². The number of hydrogen-bond acceptors (Lipinski definition) is 8. The number of nitrogens with one attached hydrogen (secondary N) is 1. The predicted octanol–water partition coefficient (Wildman–Crippen LogP) is 2.36. The molecule has 1 amide bonds. The van der Waals surface area contributed by atoms with Crippen molar-refractivity contribution in [2.75, 3.05) is 50.5 Å². The summed E-state index contributed by atoms with van der Waals surface area (Å²) in [4.78, 5) is 44.5. The Bertz CT molecular complexity index is 1110. The molecular formula is C25H32N4O5S. The first-order chi connectivity index (χ1) is 17.1. The molecule has 35 heavy (non-hydrogen) atoms. The van der Waals surface area contributed by atoms with Crippen LogP contribution >= 0.6 is 11.8 Å². The van der Waals surface area contributed by atoms with Gasteiger partial charge < -0.3 is 14.8 Å². The van der Waals surface area contributed by atoms with E-state index in [1.165, 1.54) is 11.8 Å². The van der Waals surface area contributed by atoms with Gasteiger partial charge in [-0.15, -0.1) is 0 Å². The number of hydrogen-bond donors (Lipinski definition) is 1. The van der Waals surface area contributed by atoms with Crippen molar-refractivity contribution in [1.29, 1.82) is 0 Å². The number of thioether (sulfide) groups is 1. The molecule has 188 valence electrons. The summed E-state index contributed by atoms with van der Waals surface area (Å²) in [6.07, 6.45) is 3.80. The Kier molecular flexibility index (Phi) is 8.95. The van der Waals surface area contributed by atoms with Crippen molar-refractivity contribution in [3.63, 3.8) is 0 Å². The van der Waals surface area contributed by atoms with Gasteiger partial charge in [-0.2, -0.15) is 4.98 Å². The van der Waals surface area contributed by atoms with Crippen LogP contribution in [0.3, 0.4) is 0 Å². The van der Waals surface area contributed by atoms with E-state index in [-0.39, 0.29) is 24.0 Å². The van der Waals surface area contributed by atoms with Crippen molar-refractivity contribution in [2.45, 2.75) is 44.2 Å². The third kappa shape index (κ3) is 6.50. The average molecular weight is 501 g/mol. The van der Waals surface area contributed by atoms with Gasteiger partial charge in [0.1, 0.15) is 5.03 Å². The van der Waals surface area contributed by atoms with Crippen molar-refractivity contribution in [1.82, 2.24) is 14.5 Å². The molecule has 1 saturated heterocycles. The molecule has 9 nitrogen and oxygen atoms in total. The van der Waals surface area contributed by atoms with E-state index < -0.39 is 5.97 Å². The highest BCUT2D eigenvalue weighted by molar-refractivity contribution is 8.00. The fraction of sp³-hybridized carbons (Fsp3) is 0.520. The highest BCUT2D eigenvalue weighted by Crippen LogP contribution is 2.28. The van der Waals surface area contributed by atoms with E-state index in [1.807, 2.05) is 4.57 Å². The second-order valence-electron chi connectivity index (χ2n) is 8.54. The molecule has 1 aliphatic carbocycles. The molecular weight excluding hydrogens is 468 g/mol. The Balaban J connectivity index is 1.44. The van der Waals surface area contributed by atoms with Crippen LogP contribution in [0.5, 0.6) is 0 Å². The van der Waals surface area contributed by atoms with Gasteiger partial charge in [0.2, 0.25) is 5.91 Å². The Labute approximate surface area is 209 Å². The van der Waals surface area contributed by atoms with Crippen molar-refractivity contribution >= 4 is 29.3 Å². The first-order valence-electron chi connectivity index (χ1n) is 12.2. The summed E-state index contributed by atoms with van der Waals surface area (Å²) in [6.45, 7) is 6.63. The summed E-state index contributed by atoms with van der Waals surface area (Å²) in [5, 5.41) is 3.44. The van der Waals surface area contributed by atoms with Crippen LogP contribution in [-0.2, 0) is 33.7 Å². The maximum Gasteiger partial charge on any atom is 0.348 e. The maximum atomic E-state index is 12.9. The van der Waals surface area contributed by atoms with Crippen LogP contribution in [0.4, 0.5) is 5.69 Å². The molecule has 1 fully saturated rings. The van der Waals surface area contributed by atoms with Crippen LogP contribution in [0.1, 0.15) is 41.4 Å². The number of amides is 1. The molecule has 0 saturated carbocycles. The molecule has 2 aromatic rings. The van der Waals surface area contributed by atoms with Gasteiger partial charge in [-0.05, 0) is 44.7 Å². The number of rotatable bonds is 9. The summed E-state index contributed by atoms with van der Waals surface area (Å²) in [5.41, 5.74) is 2.60. The zero-order chi connectivity index (χ0) is 24.6. The second-order valence-corrected chi connectivity index (χ2v) is 9.50. The molecule has 1 N–H and O–H groups in total. The van der Waals surface area contributed by atoms with E-state index in [0.717, 1.165) is 69.8 Å². The van der Waals surface area contributed by atoms with Crippen LogP contribution in [0, 0.1) is 0 Å². The van der Waals surface area contributed by atoms with Crippen molar-refractivity contribution < 1.29 is 19.1 Å². The number of carbonyl (C=O) groups excluding carboxylic acids is 2. The first-order valence-corrected chi connectivity index (χ1v) is 13.2. The predicted molar refractivity (Wildman–Crippen MR) is 134 cm³/mol. The normalized spacial score (nSPS) is 15.9. The summed E-state index contributed by atoms with van der Waals surface area (Å²) < 4.78 is 12.3. The third-order valence-electron chi connectivity index (χ3n) is 6.23. The first kappa shape index (κ1) is 25.4. The quantitative estimate of drug-likeness (QED) is 0.318. The monoisotopic (exact) mass is 500 g/mol. The van der Waals surface area contributed by atoms with Gasteiger partial charge in [0.15, 0.2) is 0 Å². The molecule has 0 spiro atoms. The molecule has 1 aliphatic heterocycles. The van der Waals surface area contributed by atoms with E-state index in [0.29, 0.717) is 22.8 Å². The zero-order valence-electron chi connectivity index (χ0n) is 20.1. The molecule has 1 aromatic carbocycles. The average Bonchev–Trinajstić information content (AvgIpc) is 2.88. The van der Waals surface area contributed by atoms with E-state index in [4.69, 9.17) is 9.47 Å². The maximum absolute atomic E-state index is 12.9. The minimum atomic E-state index is -0.479. The fourth-order valence-electron chi connectivity index (χ4n) is 4.46. The van der Waals surface area contributed by atoms with Crippen LogP contribution in [0.15, 0.2) is 34.1 Å². The number of anilines is 1. The number of aromatic nitrogens is 2. The van der Waals surface area contributed by atoms with Crippen molar-refractivity contribution in [3.8, 4) is 0 Å². The molecule has 2 aliphatic rings. The third-order valence-corrected chi connectivity index (χ3v) is 7.25. The molecule has 2 heterocycles. The Morgan fingerprint density at radius 3 is 2.71 bits per heavy atom. The lowest BCUT2D eigenvalue weighted by Crippen LogP contribution is -2.40. The zero-order valence-corrected chi connectivity index (χ0v) is 20.9. The van der Waals surface area contributed by atoms with Crippen molar-refractivity contribution in [2.24, 2.45) is 0 Å². The van der Waals surface area contributed by atoms with Gasteiger partial charge in [0.05, 0.1) is 36.8 Å². The molecule has 10 heteroatoms. The summed E-state index contributed by atoms with van der Waals surface area (Å²) >= 11 is 1.28. The Morgan fingerprint density at radius 2 is 1.91 bits per heavy atom. The largest absolute Gasteiger partial charge is 0.462 e. The van der Waals surface area contributed by atoms with E-state index in [2.05, 4.69) is 15.2 Å². The minimum absolute atomic E-state index is 0.0911. The SMILES string of the molecule is CCOC(=O)c1ccccc1NC(=O)CSc1nc(=O)n(CCN2CCOCC2)c2c1CCCC2. The van der Waals surface area contributed by atoms with Gasteiger partial charge in [-0.25, -0.2) is 9.59 Å². The second kappa shape index (κ2) is 12.3. The Hall–Kier alpha value is -2.69. The van der Waals surface area contributed by atoms with E-state index >= 15 is 0 Å². The standard InChI is InChI=1S/C25H32N4O5S/c1-2-34-24(31)18-7-3-5-9-20(18)26-22(30)17-35-23-19-8-4-6-10-21(19)29(25(32)27-23)12-11-28-13-15-33-16-14-28/h3,5,7,9H,2,4,6,8,10-17H2,1H3,(H,26,30). The molecule has 0 atom stereocenters. The number of para-hydroxylation sites is 1. The molecule has 4 rings (SSSR count). The van der Waals surface area contributed by atoms with Gasteiger partial charge >= 0.3 is 11.7 Å². The smallest absolute Gasteiger partial charge is 0.348 e. The summed E-state index contributed by atoms with van der Waals surface area (Å²) in [6, 6.07) is 6.76. The van der Waals surface area contributed by atoms with E-state index in [1.54, 1.807) is 31.2 Å².